The molecule has 1 atom stereocenters. The van der Waals surface area contributed by atoms with Crippen LogP contribution in [0.5, 0.6) is 11.5 Å². The van der Waals surface area contributed by atoms with Crippen molar-refractivity contribution in [2.24, 2.45) is 12.1 Å². The molecule has 10 nitrogen and oxygen atoms in total. The molecule has 2 heterocycles. The van der Waals surface area contributed by atoms with Crippen LogP contribution in [0.4, 0.5) is 0 Å². The van der Waals surface area contributed by atoms with E-state index in [9.17, 15) is 9.59 Å². The molecule has 12 heteroatoms. The number of hydrogen-bond donors (Lipinski definition) is 1. The van der Waals surface area contributed by atoms with Crippen molar-refractivity contribution in [3.05, 3.63) is 99.3 Å². The number of carbonyl (C=O) groups excluding carboxylic acids is 2. The van der Waals surface area contributed by atoms with Gasteiger partial charge in [-0.25, -0.2) is 5.01 Å². The quantitative estimate of drug-likeness (QED) is 0.229. The van der Waals surface area contributed by atoms with Gasteiger partial charge in [0.15, 0.2) is 11.0 Å². The first-order valence-corrected chi connectivity index (χ1v) is 15.3. The van der Waals surface area contributed by atoms with E-state index >= 15 is 0 Å². The second kappa shape index (κ2) is 13.4. The Hall–Kier alpha value is -4.16. The first-order valence-electron chi connectivity index (χ1n) is 13.5. The summed E-state index contributed by atoms with van der Waals surface area (Å²) < 4.78 is 13.3. The highest BCUT2D eigenvalue weighted by atomic mass is 79.9. The molecule has 0 radical (unpaired) electrons. The number of amides is 2. The Morgan fingerprint density at radius 2 is 1.67 bits per heavy atom. The minimum absolute atomic E-state index is 0.126. The maximum absolute atomic E-state index is 13.6. The Balaban J connectivity index is 1.26. The number of nitrogens with zero attached hydrogens (tertiary/aromatic N) is 5. The van der Waals surface area contributed by atoms with Crippen molar-refractivity contribution in [1.82, 2.24) is 25.1 Å². The van der Waals surface area contributed by atoms with Gasteiger partial charge in [-0.3, -0.25) is 9.59 Å². The summed E-state index contributed by atoms with van der Waals surface area (Å²) >= 11 is 4.76. The van der Waals surface area contributed by atoms with Gasteiger partial charge in [-0.2, -0.15) is 5.10 Å². The van der Waals surface area contributed by atoms with Crippen molar-refractivity contribution in [2.75, 3.05) is 20.0 Å². The third-order valence-electron chi connectivity index (χ3n) is 7.08. The highest BCUT2D eigenvalue weighted by Crippen LogP contribution is 2.34. The topological polar surface area (TPSA) is 111 Å². The average molecular weight is 664 g/mol. The standard InChI is InChI=1S/C31H31BrN6O4S/c1-19-5-7-21(8-6-19)27-16-26(20-9-11-23(32)12-10-20)36-38(27)29(39)18-43-31-35-34-28(37(31)2)17-33-30(40)22-13-24(41-3)15-25(14-22)42-4/h5-15,27H,16-18H2,1-4H3,(H,33,40)/t27-/m0/s1. The second-order valence-corrected chi connectivity index (χ2v) is 11.8. The summed E-state index contributed by atoms with van der Waals surface area (Å²) in [7, 11) is 4.86. The normalized spacial score (nSPS) is 14.4. The fraction of sp³-hybridized carbons (Fsp3) is 0.258. The Morgan fingerprint density at radius 3 is 2.33 bits per heavy atom. The number of thioether (sulfide) groups is 1. The van der Waals surface area contributed by atoms with Gasteiger partial charge < -0.3 is 19.4 Å². The van der Waals surface area contributed by atoms with Crippen LogP contribution >= 0.6 is 27.7 Å². The first kappa shape index (κ1) is 30.3. The third-order valence-corrected chi connectivity index (χ3v) is 8.61. The van der Waals surface area contributed by atoms with Gasteiger partial charge in [0.25, 0.3) is 11.8 Å². The van der Waals surface area contributed by atoms with Crippen molar-refractivity contribution in [3.8, 4) is 11.5 Å². The molecule has 1 aromatic heterocycles. The number of carbonyl (C=O) groups is 2. The minimum atomic E-state index is -0.305. The zero-order chi connectivity index (χ0) is 30.5. The number of hydrazone groups is 1. The number of benzene rings is 3. The molecule has 0 spiro atoms. The smallest absolute Gasteiger partial charge is 0.253 e. The summed E-state index contributed by atoms with van der Waals surface area (Å²) in [5, 5.41) is 18.3. The van der Waals surface area contributed by atoms with E-state index in [2.05, 4.69) is 55.7 Å². The molecule has 0 unspecified atom stereocenters. The summed E-state index contributed by atoms with van der Waals surface area (Å²) in [6.07, 6.45) is 0.619. The molecule has 1 N–H and O–H groups in total. The van der Waals surface area contributed by atoms with E-state index in [0.29, 0.717) is 34.5 Å². The zero-order valence-corrected chi connectivity index (χ0v) is 26.6. The van der Waals surface area contributed by atoms with Gasteiger partial charge in [0.2, 0.25) is 0 Å². The average Bonchev–Trinajstić information content (AvgIpc) is 3.62. The zero-order valence-electron chi connectivity index (χ0n) is 24.2. The lowest BCUT2D eigenvalue weighted by molar-refractivity contribution is -0.130. The van der Waals surface area contributed by atoms with Gasteiger partial charge in [0.1, 0.15) is 11.5 Å². The van der Waals surface area contributed by atoms with Gasteiger partial charge in [0.05, 0.1) is 38.3 Å². The molecule has 1 aliphatic heterocycles. The van der Waals surface area contributed by atoms with Crippen molar-refractivity contribution in [3.63, 3.8) is 0 Å². The van der Waals surface area contributed by atoms with Crippen LogP contribution in [0.15, 0.2) is 81.5 Å². The summed E-state index contributed by atoms with van der Waals surface area (Å²) in [4.78, 5) is 26.3. The van der Waals surface area contributed by atoms with Crippen LogP contribution in [0, 0.1) is 6.92 Å². The van der Waals surface area contributed by atoms with Crippen LogP contribution < -0.4 is 14.8 Å². The van der Waals surface area contributed by atoms with Crippen molar-refractivity contribution >= 4 is 45.2 Å². The Morgan fingerprint density at radius 1 is 1.00 bits per heavy atom. The molecule has 0 saturated heterocycles. The molecule has 0 bridgehead atoms. The number of nitrogens with one attached hydrogen (secondary N) is 1. The summed E-state index contributed by atoms with van der Waals surface area (Å²) in [6, 6.07) is 20.9. The monoisotopic (exact) mass is 662 g/mol. The lowest BCUT2D eigenvalue weighted by atomic mass is 9.98. The molecule has 43 heavy (non-hydrogen) atoms. The molecule has 4 aromatic rings. The summed E-state index contributed by atoms with van der Waals surface area (Å²) in [5.41, 5.74) is 4.43. The van der Waals surface area contributed by atoms with Crippen LogP contribution in [0.3, 0.4) is 0 Å². The van der Waals surface area contributed by atoms with E-state index in [0.717, 1.165) is 26.9 Å². The number of aromatic nitrogens is 3. The van der Waals surface area contributed by atoms with Gasteiger partial charge >= 0.3 is 0 Å². The largest absolute Gasteiger partial charge is 0.497 e. The van der Waals surface area contributed by atoms with Gasteiger partial charge in [-0.1, -0.05) is 69.7 Å². The number of ether oxygens (including phenoxy) is 2. The van der Waals surface area contributed by atoms with E-state index < -0.39 is 0 Å². The number of methoxy groups -OCH3 is 2. The van der Waals surface area contributed by atoms with Crippen molar-refractivity contribution in [1.29, 1.82) is 0 Å². The highest BCUT2D eigenvalue weighted by molar-refractivity contribution is 9.10. The lowest BCUT2D eigenvalue weighted by Crippen LogP contribution is -2.28. The fourth-order valence-corrected chi connectivity index (χ4v) is 5.67. The maximum atomic E-state index is 13.6. The number of rotatable bonds is 10. The fourth-order valence-electron chi connectivity index (χ4n) is 4.62. The van der Waals surface area contributed by atoms with E-state index in [-0.39, 0.29) is 30.2 Å². The van der Waals surface area contributed by atoms with Crippen LogP contribution in [-0.4, -0.2) is 57.3 Å². The molecule has 222 valence electrons. The van der Waals surface area contributed by atoms with Gasteiger partial charge in [0, 0.05) is 29.6 Å². The molecule has 5 rings (SSSR count). The van der Waals surface area contributed by atoms with Gasteiger partial charge in [-0.15, -0.1) is 10.2 Å². The van der Waals surface area contributed by atoms with E-state index in [1.54, 1.807) is 34.8 Å². The van der Waals surface area contributed by atoms with Gasteiger partial charge in [-0.05, 0) is 42.3 Å². The highest BCUT2D eigenvalue weighted by Gasteiger charge is 2.33. The van der Waals surface area contributed by atoms with E-state index in [1.165, 1.54) is 26.0 Å². The summed E-state index contributed by atoms with van der Waals surface area (Å²) in [5.74, 6) is 1.27. The SMILES string of the molecule is COc1cc(OC)cc(C(=O)NCc2nnc(SCC(=O)N3N=C(c4ccc(Br)cc4)C[C@H]3c3ccc(C)cc3)n2C)c1. The number of hydrogen-bond acceptors (Lipinski definition) is 8. The molecule has 2 amide bonds. The molecular weight excluding hydrogens is 632 g/mol. The van der Waals surface area contributed by atoms with Crippen molar-refractivity contribution < 1.29 is 19.1 Å². The van der Waals surface area contributed by atoms with Crippen LogP contribution in [0.25, 0.3) is 0 Å². The van der Waals surface area contributed by atoms with Crippen LogP contribution in [0.2, 0.25) is 0 Å². The Labute approximate surface area is 262 Å². The number of aryl methyl sites for hydroxylation is 1. The first-order chi connectivity index (χ1) is 20.7. The maximum Gasteiger partial charge on any atom is 0.253 e. The molecule has 1 aliphatic rings. The molecule has 0 fully saturated rings. The minimum Gasteiger partial charge on any atom is -0.497 e. The van der Waals surface area contributed by atoms with Crippen LogP contribution in [0.1, 0.15) is 45.3 Å². The molecule has 3 aromatic carbocycles. The lowest BCUT2D eigenvalue weighted by Gasteiger charge is -2.22. The van der Waals surface area contributed by atoms with E-state index in [1.807, 2.05) is 31.2 Å². The summed E-state index contributed by atoms with van der Waals surface area (Å²) in [6.45, 7) is 2.19. The number of halogens is 1. The third kappa shape index (κ3) is 7.08. The van der Waals surface area contributed by atoms with E-state index in [4.69, 9.17) is 14.6 Å². The molecule has 0 aliphatic carbocycles. The Kier molecular flexibility index (Phi) is 9.46. The predicted molar refractivity (Wildman–Crippen MR) is 169 cm³/mol. The van der Waals surface area contributed by atoms with Crippen molar-refractivity contribution in [2.45, 2.75) is 31.1 Å². The second-order valence-electron chi connectivity index (χ2n) is 9.95. The predicted octanol–water partition coefficient (Wildman–Crippen LogP) is 5.30. The molecule has 0 saturated carbocycles. The molecular formula is C31H31BrN6O4S. The van der Waals surface area contributed by atoms with Crippen LogP contribution in [-0.2, 0) is 18.4 Å². The Bertz CT molecular complexity index is 1630.